The molecule has 6 heteroatoms. The molecule has 0 saturated carbocycles. The minimum Gasteiger partial charge on any atom is -0.330 e. The van der Waals surface area contributed by atoms with E-state index in [0.717, 1.165) is 35.6 Å². The number of nitrogens with zero attached hydrogens (tertiary/aromatic N) is 4. The molecular formula is C17H18N4OS. The van der Waals surface area contributed by atoms with Gasteiger partial charge in [0.15, 0.2) is 0 Å². The molecule has 118 valence electrons. The van der Waals surface area contributed by atoms with Crippen LogP contribution < -0.4 is 0 Å². The lowest BCUT2D eigenvalue weighted by Crippen LogP contribution is -2.32. The van der Waals surface area contributed by atoms with Crippen LogP contribution in [0.25, 0.3) is 10.2 Å². The standard InChI is InChI=1S/C17H18N4OS/c1-11-15(20(2)10-18-11)17(22)21-9-5-7-13(21)16-19-12-6-3-4-8-14(12)23-16/h3-4,6,8,10,13H,5,7,9H2,1-2H3. The predicted octanol–water partition coefficient (Wildman–Crippen LogP) is 3.32. The number of aromatic nitrogens is 3. The molecule has 1 saturated heterocycles. The van der Waals surface area contributed by atoms with Gasteiger partial charge in [0, 0.05) is 13.6 Å². The van der Waals surface area contributed by atoms with Crippen molar-refractivity contribution in [1.29, 1.82) is 0 Å². The van der Waals surface area contributed by atoms with Crippen LogP contribution in [0.1, 0.15) is 40.1 Å². The molecule has 1 aliphatic rings. The normalized spacial score (nSPS) is 18.0. The molecule has 23 heavy (non-hydrogen) atoms. The van der Waals surface area contributed by atoms with Crippen LogP contribution in [0.3, 0.4) is 0 Å². The van der Waals surface area contributed by atoms with Crippen molar-refractivity contribution in [2.24, 2.45) is 7.05 Å². The summed E-state index contributed by atoms with van der Waals surface area (Å²) in [6.45, 7) is 2.67. The van der Waals surface area contributed by atoms with Crippen LogP contribution in [0.2, 0.25) is 0 Å². The molecule has 1 amide bonds. The molecule has 1 atom stereocenters. The largest absolute Gasteiger partial charge is 0.330 e. The maximum atomic E-state index is 13.0. The molecule has 1 aliphatic heterocycles. The fourth-order valence-corrected chi connectivity index (χ4v) is 4.40. The number of para-hydroxylation sites is 1. The summed E-state index contributed by atoms with van der Waals surface area (Å²) in [4.78, 5) is 23.9. The summed E-state index contributed by atoms with van der Waals surface area (Å²) < 4.78 is 2.99. The Morgan fingerprint density at radius 1 is 1.35 bits per heavy atom. The van der Waals surface area contributed by atoms with Gasteiger partial charge in [0.1, 0.15) is 10.7 Å². The molecular weight excluding hydrogens is 308 g/mol. The number of thiazole rings is 1. The molecule has 2 aromatic heterocycles. The Kier molecular flexibility index (Phi) is 3.41. The second-order valence-electron chi connectivity index (χ2n) is 5.97. The first-order valence-corrected chi connectivity index (χ1v) is 8.61. The highest BCUT2D eigenvalue weighted by Crippen LogP contribution is 2.37. The Morgan fingerprint density at radius 3 is 2.91 bits per heavy atom. The van der Waals surface area contributed by atoms with Crippen molar-refractivity contribution in [1.82, 2.24) is 19.4 Å². The van der Waals surface area contributed by atoms with E-state index in [-0.39, 0.29) is 11.9 Å². The minimum absolute atomic E-state index is 0.0595. The molecule has 0 N–H and O–H groups in total. The van der Waals surface area contributed by atoms with Crippen molar-refractivity contribution >= 4 is 27.5 Å². The fourth-order valence-electron chi connectivity index (χ4n) is 3.29. The first kappa shape index (κ1) is 14.4. The number of aryl methyl sites for hydroxylation is 2. The lowest BCUT2D eigenvalue weighted by molar-refractivity contribution is 0.0725. The van der Waals surface area contributed by atoms with Crippen molar-refractivity contribution in [3.63, 3.8) is 0 Å². The van der Waals surface area contributed by atoms with E-state index in [1.54, 1.807) is 17.7 Å². The molecule has 0 bridgehead atoms. The van der Waals surface area contributed by atoms with E-state index >= 15 is 0 Å². The summed E-state index contributed by atoms with van der Waals surface area (Å²) in [7, 11) is 1.87. The zero-order chi connectivity index (χ0) is 16.0. The predicted molar refractivity (Wildman–Crippen MR) is 90.6 cm³/mol. The minimum atomic E-state index is 0.0595. The number of imidazole rings is 1. The molecule has 1 aromatic carbocycles. The van der Waals surface area contributed by atoms with Crippen LogP contribution in [0.5, 0.6) is 0 Å². The van der Waals surface area contributed by atoms with E-state index in [1.165, 1.54) is 4.70 Å². The summed E-state index contributed by atoms with van der Waals surface area (Å²) in [6, 6.07) is 8.22. The third-order valence-electron chi connectivity index (χ3n) is 4.43. The molecule has 5 nitrogen and oxygen atoms in total. The Balaban J connectivity index is 1.70. The third kappa shape index (κ3) is 2.34. The van der Waals surface area contributed by atoms with Crippen molar-refractivity contribution < 1.29 is 4.79 Å². The van der Waals surface area contributed by atoms with E-state index in [4.69, 9.17) is 4.98 Å². The summed E-state index contributed by atoms with van der Waals surface area (Å²) in [5, 5.41) is 1.04. The second-order valence-corrected chi connectivity index (χ2v) is 7.03. The molecule has 3 heterocycles. The number of likely N-dealkylation sites (tertiary alicyclic amines) is 1. The van der Waals surface area contributed by atoms with Gasteiger partial charge in [-0.1, -0.05) is 12.1 Å². The van der Waals surface area contributed by atoms with Gasteiger partial charge in [-0.2, -0.15) is 0 Å². The van der Waals surface area contributed by atoms with E-state index in [9.17, 15) is 4.79 Å². The van der Waals surface area contributed by atoms with Crippen LogP contribution in [0.15, 0.2) is 30.6 Å². The van der Waals surface area contributed by atoms with Gasteiger partial charge in [-0.05, 0) is 31.9 Å². The van der Waals surface area contributed by atoms with Crippen LogP contribution in [-0.2, 0) is 7.05 Å². The number of benzene rings is 1. The van der Waals surface area contributed by atoms with E-state index < -0.39 is 0 Å². The first-order chi connectivity index (χ1) is 11.1. The van der Waals surface area contributed by atoms with Gasteiger partial charge in [-0.25, -0.2) is 9.97 Å². The highest BCUT2D eigenvalue weighted by Gasteiger charge is 2.34. The van der Waals surface area contributed by atoms with E-state index in [2.05, 4.69) is 11.1 Å². The summed E-state index contributed by atoms with van der Waals surface area (Å²) in [5.74, 6) is 0.0595. The molecule has 1 fully saturated rings. The third-order valence-corrected chi connectivity index (χ3v) is 5.57. The van der Waals surface area contributed by atoms with Crippen molar-refractivity contribution in [2.45, 2.75) is 25.8 Å². The number of hydrogen-bond donors (Lipinski definition) is 0. The van der Waals surface area contributed by atoms with E-state index in [0.29, 0.717) is 5.69 Å². The van der Waals surface area contributed by atoms with Gasteiger partial charge in [-0.3, -0.25) is 4.79 Å². The smallest absolute Gasteiger partial charge is 0.272 e. The second kappa shape index (κ2) is 5.45. The molecule has 1 unspecified atom stereocenters. The van der Waals surface area contributed by atoms with Gasteiger partial charge in [0.05, 0.1) is 28.3 Å². The van der Waals surface area contributed by atoms with E-state index in [1.807, 2.05) is 41.6 Å². The Labute approximate surface area is 138 Å². The topological polar surface area (TPSA) is 51.0 Å². The van der Waals surface area contributed by atoms with Gasteiger partial charge < -0.3 is 9.47 Å². The van der Waals surface area contributed by atoms with Crippen molar-refractivity contribution in [3.8, 4) is 0 Å². The Hall–Kier alpha value is -2.21. The average molecular weight is 326 g/mol. The lowest BCUT2D eigenvalue weighted by Gasteiger charge is -2.23. The molecule has 4 rings (SSSR count). The number of fused-ring (bicyclic) bond motifs is 1. The molecule has 0 radical (unpaired) electrons. The first-order valence-electron chi connectivity index (χ1n) is 7.79. The number of amides is 1. The van der Waals surface area contributed by atoms with Crippen LogP contribution in [0.4, 0.5) is 0 Å². The summed E-state index contributed by atoms with van der Waals surface area (Å²) in [6.07, 6.45) is 3.69. The maximum absolute atomic E-state index is 13.0. The Morgan fingerprint density at radius 2 is 2.17 bits per heavy atom. The van der Waals surface area contributed by atoms with Crippen LogP contribution in [-0.4, -0.2) is 31.9 Å². The Bertz CT molecular complexity index is 829. The molecule has 3 aromatic rings. The zero-order valence-electron chi connectivity index (χ0n) is 13.2. The fraction of sp³-hybridized carbons (Fsp3) is 0.353. The number of hydrogen-bond acceptors (Lipinski definition) is 4. The quantitative estimate of drug-likeness (QED) is 0.726. The highest BCUT2D eigenvalue weighted by atomic mass is 32.1. The number of rotatable bonds is 2. The molecule has 0 aliphatic carbocycles. The maximum Gasteiger partial charge on any atom is 0.272 e. The van der Waals surface area contributed by atoms with Crippen LogP contribution in [0, 0.1) is 6.92 Å². The summed E-state index contributed by atoms with van der Waals surface area (Å²) >= 11 is 1.69. The highest BCUT2D eigenvalue weighted by molar-refractivity contribution is 7.18. The van der Waals surface area contributed by atoms with Gasteiger partial charge in [-0.15, -0.1) is 11.3 Å². The molecule has 0 spiro atoms. The van der Waals surface area contributed by atoms with Gasteiger partial charge in [0.25, 0.3) is 5.91 Å². The summed E-state index contributed by atoms with van der Waals surface area (Å²) in [5.41, 5.74) is 2.48. The zero-order valence-corrected chi connectivity index (χ0v) is 14.0. The van der Waals surface area contributed by atoms with Gasteiger partial charge >= 0.3 is 0 Å². The number of carbonyl (C=O) groups is 1. The van der Waals surface area contributed by atoms with Gasteiger partial charge in [0.2, 0.25) is 0 Å². The number of carbonyl (C=O) groups excluding carboxylic acids is 1. The van der Waals surface area contributed by atoms with Crippen molar-refractivity contribution in [3.05, 3.63) is 47.0 Å². The SMILES string of the molecule is Cc1ncn(C)c1C(=O)N1CCCC1c1nc2ccccc2s1. The van der Waals surface area contributed by atoms with Crippen molar-refractivity contribution in [2.75, 3.05) is 6.54 Å². The average Bonchev–Trinajstić information content (AvgIpc) is 3.24. The monoisotopic (exact) mass is 326 g/mol. The van der Waals surface area contributed by atoms with Crippen LogP contribution >= 0.6 is 11.3 Å². The lowest BCUT2D eigenvalue weighted by atomic mass is 10.2.